The van der Waals surface area contributed by atoms with Crippen LogP contribution in [-0.2, 0) is 0 Å². The lowest BCUT2D eigenvalue weighted by atomic mass is 9.79. The third-order valence-electron chi connectivity index (χ3n) is 3.60. The van der Waals surface area contributed by atoms with Crippen molar-refractivity contribution >= 4 is 11.5 Å². The fraction of sp³-hybridized carbons (Fsp3) is 0.583. The Morgan fingerprint density at radius 2 is 2.28 bits per heavy atom. The first-order valence-corrected chi connectivity index (χ1v) is 6.01. The van der Waals surface area contributed by atoms with E-state index in [1.54, 1.807) is 12.3 Å². The van der Waals surface area contributed by atoms with Gasteiger partial charge in [-0.15, -0.1) is 0 Å². The van der Waals surface area contributed by atoms with Gasteiger partial charge in [0.1, 0.15) is 0 Å². The molecule has 1 unspecified atom stereocenters. The Morgan fingerprint density at radius 3 is 2.78 bits per heavy atom. The van der Waals surface area contributed by atoms with Crippen molar-refractivity contribution < 1.29 is 4.92 Å². The molecule has 2 N–H and O–H groups in total. The van der Waals surface area contributed by atoms with Crippen molar-refractivity contribution in [3.63, 3.8) is 0 Å². The predicted octanol–water partition coefficient (Wildman–Crippen LogP) is 1.55. The normalized spacial score (nSPS) is 22.8. The smallest absolute Gasteiger partial charge is 0.363 e. The SMILES string of the molecule is CC1(C)CN(c2ccc([N+](=O)[O-])nc2)CCC1N. The molecule has 6 heteroatoms. The van der Waals surface area contributed by atoms with E-state index in [4.69, 9.17) is 5.73 Å². The van der Waals surface area contributed by atoms with Crippen molar-refractivity contribution in [2.75, 3.05) is 18.0 Å². The van der Waals surface area contributed by atoms with Crippen LogP contribution in [0.5, 0.6) is 0 Å². The van der Waals surface area contributed by atoms with Crippen LogP contribution in [0.4, 0.5) is 11.5 Å². The standard InChI is InChI=1S/C12H18N4O2/c1-12(2)8-15(6-5-10(12)13)9-3-4-11(14-7-9)16(17)18/h3-4,7,10H,5-6,8,13H2,1-2H3. The number of piperidine rings is 1. The second-order valence-electron chi connectivity index (χ2n) is 5.44. The van der Waals surface area contributed by atoms with Gasteiger partial charge in [0.15, 0.2) is 6.20 Å². The van der Waals surface area contributed by atoms with Crippen molar-refractivity contribution in [2.24, 2.45) is 11.1 Å². The predicted molar refractivity (Wildman–Crippen MR) is 69.5 cm³/mol. The molecule has 0 bridgehead atoms. The molecule has 0 radical (unpaired) electrons. The summed E-state index contributed by atoms with van der Waals surface area (Å²) in [6.45, 7) is 5.99. The lowest BCUT2D eigenvalue weighted by molar-refractivity contribution is -0.389. The zero-order valence-corrected chi connectivity index (χ0v) is 10.7. The summed E-state index contributed by atoms with van der Waals surface area (Å²) in [5.74, 6) is -0.119. The van der Waals surface area contributed by atoms with Crippen molar-refractivity contribution in [1.29, 1.82) is 0 Å². The molecule has 98 valence electrons. The molecular weight excluding hydrogens is 232 g/mol. The average molecular weight is 250 g/mol. The number of hydrogen-bond acceptors (Lipinski definition) is 5. The van der Waals surface area contributed by atoms with Crippen molar-refractivity contribution in [3.8, 4) is 0 Å². The molecule has 0 aliphatic carbocycles. The van der Waals surface area contributed by atoms with E-state index < -0.39 is 4.92 Å². The van der Waals surface area contributed by atoms with Crippen LogP contribution in [0.15, 0.2) is 18.3 Å². The van der Waals surface area contributed by atoms with E-state index in [2.05, 4.69) is 23.7 Å². The molecule has 1 aliphatic rings. The first kappa shape index (κ1) is 12.8. The number of nitrogens with zero attached hydrogens (tertiary/aromatic N) is 3. The van der Waals surface area contributed by atoms with E-state index in [0.717, 1.165) is 25.2 Å². The second kappa shape index (κ2) is 4.53. The van der Waals surface area contributed by atoms with Crippen molar-refractivity contribution in [3.05, 3.63) is 28.4 Å². The van der Waals surface area contributed by atoms with E-state index in [1.807, 2.05) is 0 Å². The lowest BCUT2D eigenvalue weighted by Gasteiger charge is -2.43. The third kappa shape index (κ3) is 2.43. The van der Waals surface area contributed by atoms with Gasteiger partial charge in [-0.3, -0.25) is 0 Å². The molecule has 2 rings (SSSR count). The first-order valence-electron chi connectivity index (χ1n) is 6.01. The van der Waals surface area contributed by atoms with Crippen LogP contribution in [-0.4, -0.2) is 29.0 Å². The van der Waals surface area contributed by atoms with Gasteiger partial charge in [0.2, 0.25) is 0 Å². The monoisotopic (exact) mass is 250 g/mol. The topological polar surface area (TPSA) is 85.3 Å². The molecule has 1 saturated heterocycles. The highest BCUT2D eigenvalue weighted by molar-refractivity contribution is 5.47. The summed E-state index contributed by atoms with van der Waals surface area (Å²) in [7, 11) is 0. The first-order chi connectivity index (χ1) is 8.40. The zero-order chi connectivity index (χ0) is 13.3. The Kier molecular flexibility index (Phi) is 3.21. The molecule has 1 fully saturated rings. The minimum atomic E-state index is -0.486. The van der Waals surface area contributed by atoms with Crippen LogP contribution in [0.2, 0.25) is 0 Å². The Labute approximate surface area is 106 Å². The van der Waals surface area contributed by atoms with E-state index in [0.29, 0.717) is 0 Å². The minimum absolute atomic E-state index is 0.0417. The van der Waals surface area contributed by atoms with Crippen LogP contribution < -0.4 is 10.6 Å². The van der Waals surface area contributed by atoms with Crippen molar-refractivity contribution in [1.82, 2.24) is 4.98 Å². The number of nitro groups is 1. The molecule has 1 atom stereocenters. The highest BCUT2D eigenvalue weighted by Crippen LogP contribution is 2.30. The number of pyridine rings is 1. The van der Waals surface area contributed by atoms with Gasteiger partial charge < -0.3 is 20.7 Å². The van der Waals surface area contributed by atoms with E-state index in [-0.39, 0.29) is 17.3 Å². The van der Waals surface area contributed by atoms with Gasteiger partial charge in [-0.25, -0.2) is 0 Å². The minimum Gasteiger partial charge on any atom is -0.368 e. The van der Waals surface area contributed by atoms with Crippen LogP contribution in [0.3, 0.4) is 0 Å². The molecule has 1 aromatic heterocycles. The molecule has 6 nitrogen and oxygen atoms in total. The lowest BCUT2D eigenvalue weighted by Crippen LogP contribution is -2.52. The van der Waals surface area contributed by atoms with Gasteiger partial charge in [0.05, 0.1) is 5.69 Å². The van der Waals surface area contributed by atoms with E-state index in [1.165, 1.54) is 6.07 Å². The van der Waals surface area contributed by atoms with Crippen molar-refractivity contribution in [2.45, 2.75) is 26.3 Å². The molecule has 0 aromatic carbocycles. The van der Waals surface area contributed by atoms with Gasteiger partial charge in [0, 0.05) is 25.2 Å². The van der Waals surface area contributed by atoms with Crippen LogP contribution in [0.25, 0.3) is 0 Å². The maximum atomic E-state index is 10.5. The molecule has 0 saturated carbocycles. The number of aromatic nitrogens is 1. The maximum Gasteiger partial charge on any atom is 0.363 e. The summed E-state index contributed by atoms with van der Waals surface area (Å²) < 4.78 is 0. The Bertz CT molecular complexity index is 444. The molecule has 0 amide bonds. The van der Waals surface area contributed by atoms with Crippen LogP contribution in [0.1, 0.15) is 20.3 Å². The molecular formula is C12H18N4O2. The van der Waals surface area contributed by atoms with Gasteiger partial charge in [0.25, 0.3) is 0 Å². The summed E-state index contributed by atoms with van der Waals surface area (Å²) in [4.78, 5) is 16.1. The van der Waals surface area contributed by atoms with Crippen LogP contribution in [0, 0.1) is 15.5 Å². The Balaban J connectivity index is 2.15. The van der Waals surface area contributed by atoms with Crippen LogP contribution >= 0.6 is 0 Å². The zero-order valence-electron chi connectivity index (χ0n) is 10.7. The van der Waals surface area contributed by atoms with E-state index >= 15 is 0 Å². The number of rotatable bonds is 2. The summed E-state index contributed by atoms with van der Waals surface area (Å²) in [5, 5.41) is 10.5. The maximum absolute atomic E-state index is 10.5. The Hall–Kier alpha value is -1.69. The van der Waals surface area contributed by atoms with Gasteiger partial charge in [-0.2, -0.15) is 0 Å². The molecule has 1 aromatic rings. The summed E-state index contributed by atoms with van der Waals surface area (Å²) >= 11 is 0. The highest BCUT2D eigenvalue weighted by atomic mass is 16.6. The van der Waals surface area contributed by atoms with Gasteiger partial charge >= 0.3 is 5.82 Å². The quantitative estimate of drug-likeness (QED) is 0.635. The fourth-order valence-electron chi connectivity index (χ4n) is 2.27. The number of nitrogens with two attached hydrogens (primary N) is 1. The van der Waals surface area contributed by atoms with Gasteiger partial charge in [-0.1, -0.05) is 13.8 Å². The molecule has 18 heavy (non-hydrogen) atoms. The fourth-order valence-corrected chi connectivity index (χ4v) is 2.27. The summed E-state index contributed by atoms with van der Waals surface area (Å²) in [6.07, 6.45) is 2.48. The Morgan fingerprint density at radius 1 is 1.56 bits per heavy atom. The largest absolute Gasteiger partial charge is 0.368 e. The molecule has 2 heterocycles. The third-order valence-corrected chi connectivity index (χ3v) is 3.60. The molecule has 0 spiro atoms. The molecule has 1 aliphatic heterocycles. The summed E-state index contributed by atoms with van der Waals surface area (Å²) in [6, 6.07) is 3.38. The van der Waals surface area contributed by atoms with Gasteiger partial charge in [-0.05, 0) is 27.8 Å². The second-order valence-corrected chi connectivity index (χ2v) is 5.44. The van der Waals surface area contributed by atoms with E-state index in [9.17, 15) is 10.1 Å². The number of anilines is 1. The highest BCUT2D eigenvalue weighted by Gasteiger charge is 2.33. The average Bonchev–Trinajstić information content (AvgIpc) is 2.33. The number of hydrogen-bond donors (Lipinski definition) is 1. The summed E-state index contributed by atoms with van der Waals surface area (Å²) in [5.41, 5.74) is 7.04.